The lowest BCUT2D eigenvalue weighted by atomic mass is 10.2. The number of rotatable bonds is 5. The summed E-state index contributed by atoms with van der Waals surface area (Å²) >= 11 is 7.93. The Kier molecular flexibility index (Phi) is 5.88. The van der Waals surface area contributed by atoms with Gasteiger partial charge in [0.2, 0.25) is 0 Å². The first-order valence-corrected chi connectivity index (χ1v) is 9.90. The lowest BCUT2D eigenvalue weighted by Gasteiger charge is -2.05. The monoisotopic (exact) mass is 511 g/mol. The van der Waals surface area contributed by atoms with Crippen molar-refractivity contribution in [2.24, 2.45) is 0 Å². The van der Waals surface area contributed by atoms with Gasteiger partial charge in [-0.05, 0) is 56.1 Å². The fourth-order valence-corrected chi connectivity index (χ4v) is 3.94. The summed E-state index contributed by atoms with van der Waals surface area (Å²) in [4.78, 5) is 27.2. The van der Waals surface area contributed by atoms with Gasteiger partial charge in [-0.2, -0.15) is 0 Å². The highest BCUT2D eigenvalue weighted by Gasteiger charge is 2.17. The fourth-order valence-electron chi connectivity index (χ4n) is 2.25. The van der Waals surface area contributed by atoms with Gasteiger partial charge in [0.25, 0.3) is 11.6 Å². The number of thiazole rings is 1. The van der Waals surface area contributed by atoms with Gasteiger partial charge in [0, 0.05) is 27.5 Å². The van der Waals surface area contributed by atoms with E-state index >= 15 is 0 Å². The normalized spacial score (nSPS) is 10.5. The third-order valence-electron chi connectivity index (χ3n) is 3.58. The van der Waals surface area contributed by atoms with E-state index in [1.165, 1.54) is 29.5 Å². The molecule has 1 heterocycles. The number of nitrogens with zero attached hydrogens (tertiary/aromatic N) is 2. The standard InChI is InChI=1S/C17H11Br2N3O4S/c1-26-15-5-2-9(6-13(15)19)14-8-27-17(20-14)21-16(23)11-7-10(22(24)25)3-4-12(11)18/h2-8H,1H3,(H,20,21,23). The molecule has 0 fully saturated rings. The van der Waals surface area contributed by atoms with Gasteiger partial charge in [0.15, 0.2) is 5.13 Å². The van der Waals surface area contributed by atoms with Crippen LogP contribution in [0, 0.1) is 10.1 Å². The van der Waals surface area contributed by atoms with Crippen molar-refractivity contribution in [1.82, 2.24) is 4.98 Å². The largest absolute Gasteiger partial charge is 0.496 e. The second kappa shape index (κ2) is 8.15. The van der Waals surface area contributed by atoms with Gasteiger partial charge in [-0.25, -0.2) is 4.98 Å². The Hall–Kier alpha value is -2.30. The number of methoxy groups -OCH3 is 1. The van der Waals surface area contributed by atoms with Crippen LogP contribution in [0.15, 0.2) is 50.7 Å². The highest BCUT2D eigenvalue weighted by molar-refractivity contribution is 9.10. The third kappa shape index (κ3) is 4.34. The second-order valence-corrected chi connectivity index (χ2v) is 7.83. The van der Waals surface area contributed by atoms with E-state index in [9.17, 15) is 14.9 Å². The smallest absolute Gasteiger partial charge is 0.270 e. The first kappa shape index (κ1) is 19.5. The van der Waals surface area contributed by atoms with Crippen LogP contribution in [0.1, 0.15) is 10.4 Å². The number of halogens is 2. The summed E-state index contributed by atoms with van der Waals surface area (Å²) in [6.07, 6.45) is 0. The van der Waals surface area contributed by atoms with Crippen molar-refractivity contribution in [2.75, 3.05) is 12.4 Å². The molecule has 7 nitrogen and oxygen atoms in total. The lowest BCUT2D eigenvalue weighted by Crippen LogP contribution is -2.12. The Bertz CT molecular complexity index is 1040. The molecule has 0 spiro atoms. The molecule has 3 rings (SSSR count). The fraction of sp³-hybridized carbons (Fsp3) is 0.0588. The van der Waals surface area contributed by atoms with E-state index in [1.807, 2.05) is 23.6 Å². The summed E-state index contributed by atoms with van der Waals surface area (Å²) in [6, 6.07) is 9.56. The van der Waals surface area contributed by atoms with Crippen molar-refractivity contribution >= 4 is 59.9 Å². The van der Waals surface area contributed by atoms with Crippen molar-refractivity contribution in [3.8, 4) is 17.0 Å². The minimum Gasteiger partial charge on any atom is -0.496 e. The van der Waals surface area contributed by atoms with Crippen molar-refractivity contribution in [2.45, 2.75) is 0 Å². The maximum absolute atomic E-state index is 12.5. The lowest BCUT2D eigenvalue weighted by molar-refractivity contribution is -0.384. The number of aromatic nitrogens is 1. The maximum atomic E-state index is 12.5. The molecule has 27 heavy (non-hydrogen) atoms. The molecule has 0 aliphatic rings. The summed E-state index contributed by atoms with van der Waals surface area (Å²) in [5.41, 5.74) is 1.55. The zero-order valence-electron chi connectivity index (χ0n) is 13.7. The molecule has 0 unspecified atom stereocenters. The SMILES string of the molecule is COc1ccc(-c2csc(NC(=O)c3cc([N+](=O)[O-])ccc3Br)n2)cc1Br. The summed E-state index contributed by atoms with van der Waals surface area (Å²) < 4.78 is 6.46. The average molecular weight is 513 g/mol. The number of nitrogens with one attached hydrogen (secondary N) is 1. The number of nitro benzene ring substituents is 1. The Balaban J connectivity index is 1.82. The van der Waals surface area contributed by atoms with Gasteiger partial charge in [-0.3, -0.25) is 20.2 Å². The minimum absolute atomic E-state index is 0.160. The Labute approximate surface area is 174 Å². The molecule has 1 aromatic heterocycles. The van der Waals surface area contributed by atoms with Gasteiger partial charge in [-0.15, -0.1) is 11.3 Å². The van der Waals surface area contributed by atoms with E-state index in [0.29, 0.717) is 21.0 Å². The second-order valence-electron chi connectivity index (χ2n) is 5.26. The van der Waals surface area contributed by atoms with E-state index in [-0.39, 0.29) is 11.3 Å². The topological polar surface area (TPSA) is 94.4 Å². The molecule has 0 saturated carbocycles. The Morgan fingerprint density at radius 1 is 1.22 bits per heavy atom. The van der Waals surface area contributed by atoms with Crippen molar-refractivity contribution in [3.63, 3.8) is 0 Å². The Morgan fingerprint density at radius 2 is 2.00 bits per heavy atom. The van der Waals surface area contributed by atoms with Crippen LogP contribution < -0.4 is 10.1 Å². The summed E-state index contributed by atoms with van der Waals surface area (Å²) in [7, 11) is 1.59. The molecule has 0 radical (unpaired) electrons. The molecule has 0 aliphatic heterocycles. The molecule has 3 aromatic rings. The van der Waals surface area contributed by atoms with Crippen molar-refractivity contribution in [3.05, 3.63) is 66.4 Å². The van der Waals surface area contributed by atoms with Crippen LogP contribution in [0.25, 0.3) is 11.3 Å². The zero-order valence-corrected chi connectivity index (χ0v) is 17.7. The number of benzene rings is 2. The molecule has 0 saturated heterocycles. The minimum atomic E-state index is -0.549. The molecule has 0 bridgehead atoms. The predicted molar refractivity (Wildman–Crippen MR) is 111 cm³/mol. The predicted octanol–water partition coefficient (Wildman–Crippen LogP) is 5.50. The highest BCUT2D eigenvalue weighted by Crippen LogP contribution is 2.32. The highest BCUT2D eigenvalue weighted by atomic mass is 79.9. The van der Waals surface area contributed by atoms with Crippen molar-refractivity contribution in [1.29, 1.82) is 0 Å². The average Bonchev–Trinajstić information content (AvgIpc) is 3.10. The van der Waals surface area contributed by atoms with Gasteiger partial charge >= 0.3 is 0 Å². The quantitative estimate of drug-likeness (QED) is 0.359. The number of carbonyl (C=O) groups excluding carboxylic acids is 1. The molecular formula is C17H11Br2N3O4S. The van der Waals surface area contributed by atoms with Gasteiger partial charge in [0.1, 0.15) is 5.75 Å². The van der Waals surface area contributed by atoms with E-state index < -0.39 is 10.8 Å². The number of carbonyl (C=O) groups is 1. The molecule has 1 N–H and O–H groups in total. The van der Waals surface area contributed by atoms with Crippen LogP contribution in [0.5, 0.6) is 5.75 Å². The van der Waals surface area contributed by atoms with Crippen LogP contribution in [-0.4, -0.2) is 22.9 Å². The molecule has 138 valence electrons. The zero-order chi connectivity index (χ0) is 19.6. The molecule has 0 aliphatic carbocycles. The molecular weight excluding hydrogens is 502 g/mol. The summed E-state index contributed by atoms with van der Waals surface area (Å²) in [5.74, 6) is 0.223. The van der Waals surface area contributed by atoms with Crippen LogP contribution in [0.2, 0.25) is 0 Å². The number of hydrogen-bond acceptors (Lipinski definition) is 6. The van der Waals surface area contributed by atoms with E-state index in [4.69, 9.17) is 4.74 Å². The summed E-state index contributed by atoms with van der Waals surface area (Å²) in [6.45, 7) is 0. The van der Waals surface area contributed by atoms with Gasteiger partial charge in [-0.1, -0.05) is 0 Å². The molecule has 2 aromatic carbocycles. The van der Waals surface area contributed by atoms with Crippen LogP contribution >= 0.6 is 43.2 Å². The number of amides is 1. The Morgan fingerprint density at radius 3 is 2.67 bits per heavy atom. The summed E-state index contributed by atoms with van der Waals surface area (Å²) in [5, 5.41) is 15.8. The van der Waals surface area contributed by atoms with E-state index in [2.05, 4.69) is 42.2 Å². The number of hydrogen-bond donors (Lipinski definition) is 1. The van der Waals surface area contributed by atoms with E-state index in [0.717, 1.165) is 10.0 Å². The molecule has 10 heteroatoms. The number of non-ortho nitro benzene ring substituents is 1. The van der Waals surface area contributed by atoms with Crippen LogP contribution in [0.4, 0.5) is 10.8 Å². The van der Waals surface area contributed by atoms with Crippen LogP contribution in [-0.2, 0) is 0 Å². The maximum Gasteiger partial charge on any atom is 0.270 e. The molecule has 0 atom stereocenters. The number of ether oxygens (including phenoxy) is 1. The number of nitro groups is 1. The van der Waals surface area contributed by atoms with E-state index in [1.54, 1.807) is 7.11 Å². The third-order valence-corrected chi connectivity index (χ3v) is 5.65. The number of anilines is 1. The first-order chi connectivity index (χ1) is 12.9. The first-order valence-electron chi connectivity index (χ1n) is 7.43. The van der Waals surface area contributed by atoms with Gasteiger partial charge < -0.3 is 4.74 Å². The molecule has 1 amide bonds. The van der Waals surface area contributed by atoms with Gasteiger partial charge in [0.05, 0.1) is 27.8 Å². The van der Waals surface area contributed by atoms with Crippen molar-refractivity contribution < 1.29 is 14.5 Å². The van der Waals surface area contributed by atoms with Crippen LogP contribution in [0.3, 0.4) is 0 Å².